The van der Waals surface area contributed by atoms with Crippen LogP contribution in [0.2, 0.25) is 0 Å². The molecule has 0 radical (unpaired) electrons. The van der Waals surface area contributed by atoms with Gasteiger partial charge in [0.1, 0.15) is 5.82 Å². The number of thioether (sulfide) groups is 1. The fourth-order valence-corrected chi connectivity index (χ4v) is 4.49. The number of amides is 2. The third-order valence-electron chi connectivity index (χ3n) is 4.84. The number of nitrogens with one attached hydrogen (secondary N) is 1. The predicted octanol–water partition coefficient (Wildman–Crippen LogP) is 3.35. The number of aromatic nitrogens is 2. The highest BCUT2D eigenvalue weighted by atomic mass is 32.2. The average molecular weight is 423 g/mol. The minimum Gasteiger partial charge on any atom is -0.462 e. The van der Waals surface area contributed by atoms with Crippen molar-refractivity contribution >= 4 is 46.3 Å². The van der Waals surface area contributed by atoms with Crippen LogP contribution in [0.5, 0.6) is 0 Å². The highest BCUT2D eigenvalue weighted by Crippen LogP contribution is 2.30. The van der Waals surface area contributed by atoms with Gasteiger partial charge in [-0.1, -0.05) is 12.1 Å². The Morgan fingerprint density at radius 3 is 2.70 bits per heavy atom. The summed E-state index contributed by atoms with van der Waals surface area (Å²) in [6, 6.07) is 14.2. The van der Waals surface area contributed by atoms with Crippen LogP contribution in [0.3, 0.4) is 0 Å². The zero-order valence-electron chi connectivity index (χ0n) is 16.5. The van der Waals surface area contributed by atoms with E-state index in [4.69, 9.17) is 4.74 Å². The number of esters is 1. The van der Waals surface area contributed by atoms with Crippen LogP contribution in [-0.4, -0.2) is 45.4 Å². The number of imidazole rings is 1. The van der Waals surface area contributed by atoms with E-state index in [9.17, 15) is 14.4 Å². The number of aromatic amines is 1. The lowest BCUT2D eigenvalue weighted by molar-refractivity contribution is -0.121. The van der Waals surface area contributed by atoms with Gasteiger partial charge in [0.15, 0.2) is 0 Å². The number of para-hydroxylation sites is 2. The molecule has 1 aliphatic rings. The molecule has 2 amide bonds. The number of rotatable bonds is 7. The summed E-state index contributed by atoms with van der Waals surface area (Å²) >= 11 is 1.47. The van der Waals surface area contributed by atoms with Gasteiger partial charge in [-0.2, -0.15) is 0 Å². The fraction of sp³-hybridized carbons (Fsp3) is 0.273. The smallest absolute Gasteiger partial charge is 0.338 e. The molecular formula is C22H21N3O4S. The summed E-state index contributed by atoms with van der Waals surface area (Å²) in [6.45, 7) is 2.02. The maximum atomic E-state index is 12.8. The van der Waals surface area contributed by atoms with E-state index in [1.807, 2.05) is 24.3 Å². The predicted molar refractivity (Wildman–Crippen MR) is 116 cm³/mol. The number of hydrogen-bond acceptors (Lipinski definition) is 6. The van der Waals surface area contributed by atoms with E-state index < -0.39 is 11.2 Å². The van der Waals surface area contributed by atoms with E-state index in [1.165, 1.54) is 16.7 Å². The van der Waals surface area contributed by atoms with Gasteiger partial charge in [-0.25, -0.2) is 14.7 Å². The standard InChI is InChI=1S/C22H21N3O4S/c1-2-29-22(28)14-7-9-15(10-8-14)25-20(26)13-18(21(25)27)30-12-11-19-23-16-5-3-4-6-17(16)24-19/h3-10,18H,2,11-13H2,1H3,(H,23,24)/t18-/m1/s1. The molecule has 2 aromatic carbocycles. The Morgan fingerprint density at radius 2 is 1.97 bits per heavy atom. The summed E-state index contributed by atoms with van der Waals surface area (Å²) in [5.74, 6) is 0.664. The second-order valence-corrected chi connectivity index (χ2v) is 8.16. The first kappa shape index (κ1) is 20.2. The van der Waals surface area contributed by atoms with Gasteiger partial charge in [0.05, 0.1) is 34.1 Å². The molecule has 0 spiro atoms. The van der Waals surface area contributed by atoms with Gasteiger partial charge in [0.2, 0.25) is 11.8 Å². The quantitative estimate of drug-likeness (QED) is 0.463. The van der Waals surface area contributed by atoms with Crippen LogP contribution in [0, 0.1) is 0 Å². The first-order valence-electron chi connectivity index (χ1n) is 9.76. The lowest BCUT2D eigenvalue weighted by Crippen LogP contribution is -2.31. The number of carbonyl (C=O) groups is 3. The van der Waals surface area contributed by atoms with Crippen molar-refractivity contribution in [1.82, 2.24) is 9.97 Å². The van der Waals surface area contributed by atoms with Gasteiger partial charge in [-0.05, 0) is 43.3 Å². The molecule has 1 aromatic heterocycles. The van der Waals surface area contributed by atoms with Gasteiger partial charge in [0, 0.05) is 18.6 Å². The SMILES string of the molecule is CCOC(=O)c1ccc(N2C(=O)C[C@@H](SCCc3nc4ccccc4[nH]3)C2=O)cc1. The van der Waals surface area contributed by atoms with Gasteiger partial charge in [-0.15, -0.1) is 11.8 Å². The van der Waals surface area contributed by atoms with E-state index in [0.29, 0.717) is 23.4 Å². The lowest BCUT2D eigenvalue weighted by Gasteiger charge is -2.15. The van der Waals surface area contributed by atoms with Crippen molar-refractivity contribution < 1.29 is 19.1 Å². The molecule has 1 aliphatic heterocycles. The normalized spacial score (nSPS) is 16.4. The molecule has 2 heterocycles. The van der Waals surface area contributed by atoms with Crippen molar-refractivity contribution in [2.24, 2.45) is 0 Å². The molecule has 0 bridgehead atoms. The van der Waals surface area contributed by atoms with E-state index in [0.717, 1.165) is 16.9 Å². The number of benzene rings is 2. The van der Waals surface area contributed by atoms with Crippen LogP contribution in [0.1, 0.15) is 29.5 Å². The molecule has 8 heteroatoms. The van der Waals surface area contributed by atoms with E-state index in [1.54, 1.807) is 31.2 Å². The minimum absolute atomic E-state index is 0.170. The number of ether oxygens (including phenoxy) is 1. The molecule has 30 heavy (non-hydrogen) atoms. The lowest BCUT2D eigenvalue weighted by atomic mass is 10.2. The van der Waals surface area contributed by atoms with E-state index >= 15 is 0 Å². The number of nitrogens with zero attached hydrogens (tertiary/aromatic N) is 2. The van der Waals surface area contributed by atoms with Crippen LogP contribution in [-0.2, 0) is 20.7 Å². The molecule has 0 unspecified atom stereocenters. The number of imide groups is 1. The monoisotopic (exact) mass is 423 g/mol. The number of anilines is 1. The Kier molecular flexibility index (Phi) is 5.85. The third-order valence-corrected chi connectivity index (χ3v) is 6.05. The van der Waals surface area contributed by atoms with Crippen LogP contribution in [0.15, 0.2) is 48.5 Å². The van der Waals surface area contributed by atoms with Crippen LogP contribution < -0.4 is 4.90 Å². The first-order chi connectivity index (χ1) is 14.6. The van der Waals surface area contributed by atoms with Gasteiger partial charge in [0.25, 0.3) is 0 Å². The van der Waals surface area contributed by atoms with Crippen LogP contribution in [0.25, 0.3) is 11.0 Å². The number of carbonyl (C=O) groups excluding carboxylic acids is 3. The Morgan fingerprint density at radius 1 is 1.20 bits per heavy atom. The van der Waals surface area contributed by atoms with Crippen molar-refractivity contribution in [2.45, 2.75) is 25.0 Å². The highest BCUT2D eigenvalue weighted by Gasteiger charge is 2.39. The summed E-state index contributed by atoms with van der Waals surface area (Å²) in [6.07, 6.45) is 0.856. The highest BCUT2D eigenvalue weighted by molar-refractivity contribution is 8.00. The molecular weight excluding hydrogens is 402 g/mol. The minimum atomic E-state index is -0.429. The van der Waals surface area contributed by atoms with Crippen LogP contribution in [0.4, 0.5) is 5.69 Å². The van der Waals surface area contributed by atoms with Crippen molar-refractivity contribution in [2.75, 3.05) is 17.3 Å². The Hall–Kier alpha value is -3.13. The largest absolute Gasteiger partial charge is 0.462 e. The van der Waals surface area contributed by atoms with Crippen molar-refractivity contribution in [3.05, 3.63) is 59.9 Å². The number of aryl methyl sites for hydroxylation is 1. The molecule has 4 rings (SSSR count). The molecule has 1 fully saturated rings. The van der Waals surface area contributed by atoms with Gasteiger partial charge >= 0.3 is 5.97 Å². The Bertz CT molecular complexity index is 1060. The van der Waals surface area contributed by atoms with Crippen molar-refractivity contribution in [1.29, 1.82) is 0 Å². The van der Waals surface area contributed by atoms with Gasteiger partial charge in [-0.3, -0.25) is 9.59 Å². The maximum absolute atomic E-state index is 12.8. The zero-order chi connectivity index (χ0) is 21.1. The van der Waals surface area contributed by atoms with E-state index in [2.05, 4.69) is 9.97 Å². The number of H-pyrrole nitrogens is 1. The second kappa shape index (κ2) is 8.71. The summed E-state index contributed by atoms with van der Waals surface area (Å²) in [7, 11) is 0. The van der Waals surface area contributed by atoms with E-state index in [-0.39, 0.29) is 24.8 Å². The molecule has 3 aromatic rings. The molecule has 1 N–H and O–H groups in total. The Labute approximate surface area is 177 Å². The topological polar surface area (TPSA) is 92.4 Å². The molecule has 1 saturated heterocycles. The first-order valence-corrected chi connectivity index (χ1v) is 10.8. The summed E-state index contributed by atoms with van der Waals surface area (Å²) in [5.41, 5.74) is 2.76. The van der Waals surface area contributed by atoms with Gasteiger partial charge < -0.3 is 9.72 Å². The van der Waals surface area contributed by atoms with Crippen molar-refractivity contribution in [3.8, 4) is 0 Å². The fourth-order valence-electron chi connectivity index (χ4n) is 3.39. The maximum Gasteiger partial charge on any atom is 0.338 e. The Balaban J connectivity index is 1.37. The molecule has 0 aliphatic carbocycles. The number of fused-ring (bicyclic) bond motifs is 1. The molecule has 0 saturated carbocycles. The second-order valence-electron chi connectivity index (χ2n) is 6.85. The third kappa shape index (κ3) is 4.09. The summed E-state index contributed by atoms with van der Waals surface area (Å²) < 4.78 is 4.96. The molecule has 7 nitrogen and oxygen atoms in total. The molecule has 154 valence electrons. The summed E-state index contributed by atoms with van der Waals surface area (Å²) in [4.78, 5) is 46.0. The summed E-state index contributed by atoms with van der Waals surface area (Å²) in [5, 5.41) is -0.411. The average Bonchev–Trinajstić information content (AvgIpc) is 3.28. The number of hydrogen-bond donors (Lipinski definition) is 1. The van der Waals surface area contributed by atoms with Crippen molar-refractivity contribution in [3.63, 3.8) is 0 Å². The molecule has 1 atom stereocenters. The zero-order valence-corrected chi connectivity index (χ0v) is 17.3. The van der Waals surface area contributed by atoms with Crippen LogP contribution >= 0.6 is 11.8 Å².